The number of hydrogen-bond acceptors (Lipinski definition) is 3. The highest BCUT2D eigenvalue weighted by Crippen LogP contribution is 2.23. The van der Waals surface area contributed by atoms with Gasteiger partial charge in [-0.1, -0.05) is 25.1 Å². The number of aliphatic imine (C=N–C) groups is 1. The number of nitrogens with zero attached hydrogens (tertiary/aromatic N) is 2. The van der Waals surface area contributed by atoms with E-state index in [0.717, 1.165) is 31.3 Å². The molecule has 1 saturated carbocycles. The van der Waals surface area contributed by atoms with Gasteiger partial charge < -0.3 is 10.6 Å². The third-order valence-electron chi connectivity index (χ3n) is 4.84. The van der Waals surface area contributed by atoms with Gasteiger partial charge in [0.05, 0.1) is 11.4 Å². The molecule has 1 aromatic carbocycles. The van der Waals surface area contributed by atoms with Crippen LogP contribution in [0, 0.1) is 5.92 Å². The number of hydrogen-bond donors (Lipinski definition) is 2. The molecule has 0 amide bonds. The lowest BCUT2D eigenvalue weighted by atomic mass is 9.87. The second-order valence-electron chi connectivity index (χ2n) is 7.19. The minimum absolute atomic E-state index is 0.316. The molecule has 6 nitrogen and oxygen atoms in total. The first-order chi connectivity index (χ1) is 12.3. The molecule has 0 radical (unpaired) electrons. The van der Waals surface area contributed by atoms with E-state index in [0.29, 0.717) is 23.0 Å². The third kappa shape index (κ3) is 5.45. The first-order valence-electron chi connectivity index (χ1n) is 9.39. The number of nitrogens with one attached hydrogen (secondary N) is 2. The van der Waals surface area contributed by atoms with Gasteiger partial charge >= 0.3 is 0 Å². The molecule has 0 spiro atoms. The Morgan fingerprint density at radius 3 is 2.46 bits per heavy atom. The lowest BCUT2D eigenvalue weighted by Gasteiger charge is -2.28. The Kier molecular flexibility index (Phi) is 7.46. The van der Waals surface area contributed by atoms with Crippen LogP contribution in [0.1, 0.15) is 45.1 Å². The van der Waals surface area contributed by atoms with Gasteiger partial charge in [-0.25, -0.2) is 17.7 Å². The molecule has 0 saturated heterocycles. The highest BCUT2D eigenvalue weighted by atomic mass is 32.2. The van der Waals surface area contributed by atoms with Gasteiger partial charge in [-0.3, -0.25) is 0 Å². The summed E-state index contributed by atoms with van der Waals surface area (Å²) in [7, 11) is -0.384. The van der Waals surface area contributed by atoms with Crippen LogP contribution in [0.5, 0.6) is 0 Å². The van der Waals surface area contributed by atoms with Gasteiger partial charge in [0.25, 0.3) is 0 Å². The largest absolute Gasteiger partial charge is 0.357 e. The van der Waals surface area contributed by atoms with Crippen molar-refractivity contribution < 1.29 is 8.42 Å². The Hall–Kier alpha value is -1.60. The van der Waals surface area contributed by atoms with Gasteiger partial charge in [-0.05, 0) is 50.2 Å². The molecule has 26 heavy (non-hydrogen) atoms. The van der Waals surface area contributed by atoms with E-state index >= 15 is 0 Å². The molecule has 1 fully saturated rings. The fourth-order valence-electron chi connectivity index (χ4n) is 3.16. The first kappa shape index (κ1) is 20.7. The molecule has 2 rings (SSSR count). The second kappa shape index (κ2) is 9.37. The fourth-order valence-corrected chi connectivity index (χ4v) is 4.27. The van der Waals surface area contributed by atoms with E-state index in [-0.39, 0.29) is 0 Å². The fraction of sp³-hybridized carbons (Fsp3) is 0.632. The maximum absolute atomic E-state index is 12.5. The Morgan fingerprint density at radius 1 is 1.19 bits per heavy atom. The van der Waals surface area contributed by atoms with E-state index in [9.17, 15) is 8.42 Å². The van der Waals surface area contributed by atoms with Crippen LogP contribution in [0.25, 0.3) is 0 Å². The average Bonchev–Trinajstić information content (AvgIpc) is 2.62. The predicted molar refractivity (Wildman–Crippen MR) is 107 cm³/mol. The smallest absolute Gasteiger partial charge is 0.242 e. The van der Waals surface area contributed by atoms with E-state index in [1.807, 2.05) is 19.1 Å². The molecule has 146 valence electrons. The maximum atomic E-state index is 12.5. The standard InChI is InChI=1S/C19H32N4O2S/c1-5-20-19(22-17-12-10-15(2)11-13-17)21-14-16-8-6-7-9-18(16)26(24,25)23(3)4/h6-9,15,17H,5,10-14H2,1-4H3,(H2,20,21,22). The summed E-state index contributed by atoms with van der Waals surface area (Å²) in [6.45, 7) is 5.43. The topological polar surface area (TPSA) is 73.8 Å². The lowest BCUT2D eigenvalue weighted by molar-refractivity contribution is 0.329. The molecule has 0 aromatic heterocycles. The number of guanidine groups is 1. The van der Waals surface area contributed by atoms with Crippen molar-refractivity contribution in [3.63, 3.8) is 0 Å². The molecular weight excluding hydrogens is 348 g/mol. The number of benzene rings is 1. The Balaban J connectivity index is 2.15. The monoisotopic (exact) mass is 380 g/mol. The Labute approximate surface area is 158 Å². The summed E-state index contributed by atoms with van der Waals surface area (Å²) in [6.07, 6.45) is 4.77. The molecule has 0 bridgehead atoms. The molecule has 0 atom stereocenters. The number of rotatable bonds is 6. The lowest BCUT2D eigenvalue weighted by Crippen LogP contribution is -2.44. The minimum atomic E-state index is -3.48. The molecule has 2 N–H and O–H groups in total. The first-order valence-corrected chi connectivity index (χ1v) is 10.8. The quantitative estimate of drug-likeness (QED) is 0.588. The van der Waals surface area contributed by atoms with Crippen molar-refractivity contribution >= 4 is 16.0 Å². The van der Waals surface area contributed by atoms with Crippen LogP contribution >= 0.6 is 0 Å². The van der Waals surface area contributed by atoms with Crippen molar-refractivity contribution in [3.8, 4) is 0 Å². The Bertz CT molecular complexity index is 708. The van der Waals surface area contributed by atoms with Crippen LogP contribution in [0.15, 0.2) is 34.2 Å². The van der Waals surface area contributed by atoms with E-state index in [2.05, 4.69) is 22.5 Å². The molecule has 0 heterocycles. The van der Waals surface area contributed by atoms with Gasteiger partial charge in [-0.15, -0.1) is 0 Å². The van der Waals surface area contributed by atoms with Gasteiger partial charge in [0.15, 0.2) is 5.96 Å². The third-order valence-corrected chi connectivity index (χ3v) is 6.76. The van der Waals surface area contributed by atoms with Crippen molar-refractivity contribution in [2.45, 2.75) is 57.0 Å². The second-order valence-corrected chi connectivity index (χ2v) is 9.31. The summed E-state index contributed by atoms with van der Waals surface area (Å²) in [5.41, 5.74) is 0.704. The summed E-state index contributed by atoms with van der Waals surface area (Å²) in [5.74, 6) is 1.56. The Morgan fingerprint density at radius 2 is 1.85 bits per heavy atom. The molecule has 1 aliphatic carbocycles. The molecular formula is C19H32N4O2S. The van der Waals surface area contributed by atoms with Gasteiger partial charge in [0.2, 0.25) is 10.0 Å². The van der Waals surface area contributed by atoms with Gasteiger partial charge in [0.1, 0.15) is 0 Å². The van der Waals surface area contributed by atoms with Crippen molar-refractivity contribution in [3.05, 3.63) is 29.8 Å². The average molecular weight is 381 g/mol. The van der Waals surface area contributed by atoms with Crippen LogP contribution < -0.4 is 10.6 Å². The molecule has 0 aliphatic heterocycles. The van der Waals surface area contributed by atoms with E-state index < -0.39 is 10.0 Å². The minimum Gasteiger partial charge on any atom is -0.357 e. The zero-order chi connectivity index (χ0) is 19.2. The summed E-state index contributed by atoms with van der Waals surface area (Å²) in [6, 6.07) is 7.50. The van der Waals surface area contributed by atoms with Crippen LogP contribution in [0.4, 0.5) is 0 Å². The van der Waals surface area contributed by atoms with Crippen molar-refractivity contribution in [2.24, 2.45) is 10.9 Å². The van der Waals surface area contributed by atoms with Crippen LogP contribution in [0.2, 0.25) is 0 Å². The van der Waals surface area contributed by atoms with E-state index in [1.165, 1.54) is 17.1 Å². The zero-order valence-corrected chi connectivity index (χ0v) is 17.1. The van der Waals surface area contributed by atoms with Crippen molar-refractivity contribution in [2.75, 3.05) is 20.6 Å². The highest BCUT2D eigenvalue weighted by Gasteiger charge is 2.21. The summed E-state index contributed by atoms with van der Waals surface area (Å²) in [5, 5.41) is 6.78. The van der Waals surface area contributed by atoms with Crippen molar-refractivity contribution in [1.82, 2.24) is 14.9 Å². The predicted octanol–water partition coefficient (Wildman–Crippen LogP) is 2.57. The summed E-state index contributed by atoms with van der Waals surface area (Å²) in [4.78, 5) is 4.96. The molecule has 1 aliphatic rings. The molecule has 1 aromatic rings. The zero-order valence-electron chi connectivity index (χ0n) is 16.3. The van der Waals surface area contributed by atoms with Crippen LogP contribution in [0.3, 0.4) is 0 Å². The van der Waals surface area contributed by atoms with E-state index in [1.54, 1.807) is 26.2 Å². The highest BCUT2D eigenvalue weighted by molar-refractivity contribution is 7.89. The van der Waals surface area contributed by atoms with Crippen molar-refractivity contribution in [1.29, 1.82) is 0 Å². The summed E-state index contributed by atoms with van der Waals surface area (Å²) >= 11 is 0. The van der Waals surface area contributed by atoms with Gasteiger partial charge in [0, 0.05) is 26.7 Å². The SMILES string of the molecule is CCNC(=NCc1ccccc1S(=O)(=O)N(C)C)NC1CCC(C)CC1. The molecule has 0 unspecified atom stereocenters. The van der Waals surface area contributed by atoms with E-state index in [4.69, 9.17) is 0 Å². The normalized spacial score (nSPS) is 21.7. The molecule has 7 heteroatoms. The number of sulfonamides is 1. The summed E-state index contributed by atoms with van der Waals surface area (Å²) < 4.78 is 26.3. The maximum Gasteiger partial charge on any atom is 0.242 e. The van der Waals surface area contributed by atoms with Crippen LogP contribution in [-0.4, -0.2) is 45.4 Å². The van der Waals surface area contributed by atoms with Gasteiger partial charge in [-0.2, -0.15) is 0 Å². The van der Waals surface area contributed by atoms with Crippen LogP contribution in [-0.2, 0) is 16.6 Å².